The number of nitriles is 1. The van der Waals surface area contributed by atoms with Crippen LogP contribution in [0.3, 0.4) is 0 Å². The highest BCUT2D eigenvalue weighted by Gasteiger charge is 2.05. The summed E-state index contributed by atoms with van der Waals surface area (Å²) in [6.45, 7) is 3.66. The minimum Gasteiger partial charge on any atom is -0.337 e. The van der Waals surface area contributed by atoms with Gasteiger partial charge in [-0.3, -0.25) is 5.32 Å². The van der Waals surface area contributed by atoms with Crippen molar-refractivity contribution in [3.63, 3.8) is 0 Å². The van der Waals surface area contributed by atoms with Crippen molar-refractivity contribution in [3.8, 4) is 6.19 Å². The highest BCUT2D eigenvalue weighted by molar-refractivity contribution is 5.44. The molecule has 0 saturated heterocycles. The summed E-state index contributed by atoms with van der Waals surface area (Å²) in [7, 11) is 0. The van der Waals surface area contributed by atoms with Gasteiger partial charge < -0.3 is 4.52 Å². The molecular formula is C6H7N3O. The van der Waals surface area contributed by atoms with Gasteiger partial charge in [0.1, 0.15) is 0 Å². The van der Waals surface area contributed by atoms with Crippen molar-refractivity contribution in [1.82, 2.24) is 5.16 Å². The molecule has 0 spiro atoms. The van der Waals surface area contributed by atoms with Gasteiger partial charge in [0.25, 0.3) is 0 Å². The molecule has 1 N–H and O–H groups in total. The average Bonchev–Trinajstić information content (AvgIpc) is 2.20. The molecule has 0 atom stereocenters. The quantitative estimate of drug-likeness (QED) is 0.466. The lowest BCUT2D eigenvalue weighted by atomic mass is 10.3. The molecule has 0 aliphatic rings. The van der Waals surface area contributed by atoms with Crippen LogP contribution in [-0.2, 0) is 0 Å². The molecule has 10 heavy (non-hydrogen) atoms. The molecule has 0 aliphatic heterocycles. The Morgan fingerprint density at radius 1 is 1.60 bits per heavy atom. The van der Waals surface area contributed by atoms with Crippen molar-refractivity contribution < 1.29 is 4.52 Å². The van der Waals surface area contributed by atoms with Gasteiger partial charge in [-0.25, -0.2) is 0 Å². The van der Waals surface area contributed by atoms with Gasteiger partial charge >= 0.3 is 0 Å². The molecule has 1 rings (SSSR count). The fourth-order valence-electron chi connectivity index (χ4n) is 0.583. The number of nitrogens with zero attached hydrogens (tertiary/aromatic N) is 2. The van der Waals surface area contributed by atoms with Gasteiger partial charge in [0.05, 0.1) is 5.69 Å². The number of nitrogens with one attached hydrogen (secondary N) is 1. The number of hydrogen-bond acceptors (Lipinski definition) is 4. The maximum absolute atomic E-state index is 8.20. The summed E-state index contributed by atoms with van der Waals surface area (Å²) in [6, 6.07) is 0. The van der Waals surface area contributed by atoms with Gasteiger partial charge in [-0.2, -0.15) is 5.26 Å². The smallest absolute Gasteiger partial charge is 0.240 e. The largest absolute Gasteiger partial charge is 0.337 e. The summed E-state index contributed by atoms with van der Waals surface area (Å²) in [5.74, 6) is 0.431. The number of rotatable bonds is 1. The number of aryl methyl sites for hydroxylation is 1. The highest BCUT2D eigenvalue weighted by atomic mass is 16.5. The van der Waals surface area contributed by atoms with Crippen LogP contribution in [-0.4, -0.2) is 5.16 Å². The van der Waals surface area contributed by atoms with Gasteiger partial charge in [0, 0.05) is 5.56 Å². The Morgan fingerprint density at radius 3 is 2.70 bits per heavy atom. The van der Waals surface area contributed by atoms with Gasteiger partial charge in [0.15, 0.2) is 6.19 Å². The van der Waals surface area contributed by atoms with Crippen molar-refractivity contribution in [3.05, 3.63) is 11.3 Å². The third-order valence-corrected chi connectivity index (χ3v) is 1.33. The SMILES string of the molecule is Cc1noc(NC#N)c1C. The van der Waals surface area contributed by atoms with Crippen LogP contribution >= 0.6 is 0 Å². The molecule has 52 valence electrons. The second-order valence-electron chi connectivity index (χ2n) is 1.96. The molecule has 1 aromatic heterocycles. The molecule has 1 aromatic rings. The summed E-state index contributed by atoms with van der Waals surface area (Å²) < 4.78 is 4.75. The Hall–Kier alpha value is -1.50. The molecule has 0 saturated carbocycles. The molecule has 0 amide bonds. The van der Waals surface area contributed by atoms with Crippen molar-refractivity contribution in [2.24, 2.45) is 0 Å². The molecule has 4 nitrogen and oxygen atoms in total. The van der Waals surface area contributed by atoms with E-state index in [-0.39, 0.29) is 0 Å². The van der Waals surface area contributed by atoms with Crippen molar-refractivity contribution in [2.45, 2.75) is 13.8 Å². The summed E-state index contributed by atoms with van der Waals surface area (Å²) >= 11 is 0. The van der Waals surface area contributed by atoms with E-state index in [1.165, 1.54) is 0 Å². The summed E-state index contributed by atoms with van der Waals surface area (Å²) in [5, 5.41) is 14.2. The Morgan fingerprint density at radius 2 is 2.30 bits per heavy atom. The standard InChI is InChI=1S/C6H7N3O/c1-4-5(2)9-10-6(4)8-3-7/h8H,1-2H3. The fourth-order valence-corrected chi connectivity index (χ4v) is 0.583. The molecular weight excluding hydrogens is 130 g/mol. The molecule has 4 heteroatoms. The minimum atomic E-state index is 0.431. The second kappa shape index (κ2) is 2.40. The lowest BCUT2D eigenvalue weighted by Gasteiger charge is -1.87. The van der Waals surface area contributed by atoms with Crippen LogP contribution in [0.1, 0.15) is 11.3 Å². The van der Waals surface area contributed by atoms with Crippen LogP contribution in [0.25, 0.3) is 0 Å². The third kappa shape index (κ3) is 0.935. The first kappa shape index (κ1) is 6.62. The Bertz CT molecular complexity index is 271. The Labute approximate surface area is 58.4 Å². The van der Waals surface area contributed by atoms with Crippen molar-refractivity contribution in [2.75, 3.05) is 5.32 Å². The molecule has 0 fully saturated rings. The van der Waals surface area contributed by atoms with Gasteiger partial charge in [-0.15, -0.1) is 0 Å². The predicted octanol–water partition coefficient (Wildman–Crippen LogP) is 1.18. The number of anilines is 1. The van der Waals surface area contributed by atoms with E-state index in [1.807, 2.05) is 13.8 Å². The van der Waals surface area contributed by atoms with Crippen LogP contribution in [0.2, 0.25) is 0 Å². The molecule has 0 unspecified atom stereocenters. The Balaban J connectivity index is 2.96. The summed E-state index contributed by atoms with van der Waals surface area (Å²) in [5.41, 5.74) is 1.68. The van der Waals surface area contributed by atoms with Gasteiger partial charge in [-0.05, 0) is 13.8 Å². The topological polar surface area (TPSA) is 61.9 Å². The average molecular weight is 137 g/mol. The molecule has 0 aliphatic carbocycles. The monoisotopic (exact) mass is 137 g/mol. The minimum absolute atomic E-state index is 0.431. The normalized spacial score (nSPS) is 8.90. The van der Waals surface area contributed by atoms with Crippen LogP contribution in [0, 0.1) is 25.3 Å². The molecule has 0 radical (unpaired) electrons. The Kier molecular flexibility index (Phi) is 1.59. The maximum Gasteiger partial charge on any atom is 0.240 e. The van der Waals surface area contributed by atoms with Crippen LogP contribution in [0.15, 0.2) is 4.52 Å². The summed E-state index contributed by atoms with van der Waals surface area (Å²) in [4.78, 5) is 0. The van der Waals surface area contributed by atoms with E-state index in [4.69, 9.17) is 9.78 Å². The zero-order valence-corrected chi connectivity index (χ0v) is 5.80. The maximum atomic E-state index is 8.20. The predicted molar refractivity (Wildman–Crippen MR) is 35.2 cm³/mol. The van der Waals surface area contributed by atoms with E-state index in [2.05, 4.69) is 10.5 Å². The van der Waals surface area contributed by atoms with Crippen molar-refractivity contribution in [1.29, 1.82) is 5.26 Å². The third-order valence-electron chi connectivity index (χ3n) is 1.33. The van der Waals surface area contributed by atoms with E-state index >= 15 is 0 Å². The first-order chi connectivity index (χ1) is 4.75. The van der Waals surface area contributed by atoms with Gasteiger partial charge in [0.2, 0.25) is 5.88 Å². The molecule has 0 bridgehead atoms. The second-order valence-corrected chi connectivity index (χ2v) is 1.96. The lowest BCUT2D eigenvalue weighted by Crippen LogP contribution is -1.86. The highest BCUT2D eigenvalue weighted by Crippen LogP contribution is 2.15. The first-order valence-corrected chi connectivity index (χ1v) is 2.83. The van der Waals surface area contributed by atoms with Crippen LogP contribution in [0.4, 0.5) is 5.88 Å². The fraction of sp³-hybridized carbons (Fsp3) is 0.333. The van der Waals surface area contributed by atoms with E-state index in [0.717, 1.165) is 11.3 Å². The first-order valence-electron chi connectivity index (χ1n) is 2.83. The zero-order valence-electron chi connectivity index (χ0n) is 5.80. The van der Waals surface area contributed by atoms with E-state index in [9.17, 15) is 0 Å². The van der Waals surface area contributed by atoms with Crippen molar-refractivity contribution >= 4 is 5.88 Å². The van der Waals surface area contributed by atoms with Crippen LogP contribution < -0.4 is 5.32 Å². The van der Waals surface area contributed by atoms with E-state index < -0.39 is 0 Å². The lowest BCUT2D eigenvalue weighted by molar-refractivity contribution is 0.430. The number of aromatic nitrogens is 1. The molecule has 1 heterocycles. The number of hydrogen-bond donors (Lipinski definition) is 1. The van der Waals surface area contributed by atoms with Crippen LogP contribution in [0.5, 0.6) is 0 Å². The zero-order chi connectivity index (χ0) is 7.56. The van der Waals surface area contributed by atoms with Gasteiger partial charge in [-0.1, -0.05) is 5.16 Å². The molecule has 0 aromatic carbocycles. The summed E-state index contributed by atoms with van der Waals surface area (Å²) in [6.07, 6.45) is 1.75. The van der Waals surface area contributed by atoms with E-state index in [1.54, 1.807) is 6.19 Å². The van der Waals surface area contributed by atoms with E-state index in [0.29, 0.717) is 5.88 Å².